The molecule has 0 fully saturated rings. The van der Waals surface area contributed by atoms with Gasteiger partial charge in [-0.25, -0.2) is 14.8 Å². The first-order valence-corrected chi connectivity index (χ1v) is 7.45. The summed E-state index contributed by atoms with van der Waals surface area (Å²) in [5, 5.41) is 25.8. The van der Waals surface area contributed by atoms with Crippen molar-refractivity contribution in [2.75, 3.05) is 0 Å². The van der Waals surface area contributed by atoms with Crippen LogP contribution in [0.5, 0.6) is 0 Å². The van der Waals surface area contributed by atoms with E-state index in [0.29, 0.717) is 5.69 Å². The summed E-state index contributed by atoms with van der Waals surface area (Å²) in [4.78, 5) is 25.4. The van der Waals surface area contributed by atoms with Gasteiger partial charge in [-0.05, 0) is 17.9 Å². The molecular weight excluding hydrogens is 363 g/mol. The second-order valence-corrected chi connectivity index (χ2v) is 5.34. The zero-order chi connectivity index (χ0) is 19.6. The number of hydrazone groups is 1. The minimum absolute atomic E-state index is 0.0253. The first-order valence-electron chi connectivity index (χ1n) is 7.45. The topological polar surface area (TPSA) is 151 Å². The highest BCUT2D eigenvalue weighted by Gasteiger charge is 2.15. The van der Waals surface area contributed by atoms with Crippen molar-refractivity contribution in [2.45, 2.75) is 13.6 Å². The van der Waals surface area contributed by atoms with E-state index >= 15 is 0 Å². The summed E-state index contributed by atoms with van der Waals surface area (Å²) in [6, 6.07) is 1.42. The van der Waals surface area contributed by atoms with Gasteiger partial charge in [0, 0.05) is 18.3 Å². The third-order valence-corrected chi connectivity index (χ3v) is 3.41. The van der Waals surface area contributed by atoms with E-state index in [4.69, 9.17) is 0 Å². The molecule has 0 bridgehead atoms. The molecule has 0 unspecified atom stereocenters. The minimum Gasteiger partial charge on any atom is -0.390 e. The summed E-state index contributed by atoms with van der Waals surface area (Å²) in [5.41, 5.74) is 2.87. The number of rotatable bonds is 6. The minimum atomic E-state index is -0.719. The van der Waals surface area contributed by atoms with Crippen molar-refractivity contribution in [3.63, 3.8) is 0 Å². The van der Waals surface area contributed by atoms with Crippen LogP contribution in [-0.2, 0) is 13.7 Å². The normalized spacial score (nSPS) is 11.2. The number of nitrogens with zero attached hydrogens (tertiary/aromatic N) is 9. The molecule has 1 amide bonds. The summed E-state index contributed by atoms with van der Waals surface area (Å²) in [7, 11) is 1.45. The van der Waals surface area contributed by atoms with Gasteiger partial charge in [0.25, 0.3) is 5.91 Å². The van der Waals surface area contributed by atoms with Gasteiger partial charge in [-0.2, -0.15) is 24.4 Å². The average Bonchev–Trinajstić information content (AvgIpc) is 3.32. The maximum absolute atomic E-state index is 13.8. The summed E-state index contributed by atoms with van der Waals surface area (Å²) >= 11 is 0. The van der Waals surface area contributed by atoms with Crippen LogP contribution in [0.2, 0.25) is 0 Å². The van der Waals surface area contributed by atoms with Crippen LogP contribution in [-0.4, -0.2) is 51.4 Å². The van der Waals surface area contributed by atoms with E-state index in [-0.39, 0.29) is 17.9 Å². The van der Waals surface area contributed by atoms with Crippen LogP contribution in [0.4, 0.5) is 10.3 Å². The Hall–Kier alpha value is -3.97. The average molecular weight is 376 g/mol. The molecule has 0 saturated carbocycles. The second-order valence-electron chi connectivity index (χ2n) is 5.34. The Morgan fingerprint density at radius 2 is 2.19 bits per heavy atom. The van der Waals surface area contributed by atoms with Crippen molar-refractivity contribution in [3.8, 4) is 0 Å². The molecule has 0 spiro atoms. The third kappa shape index (κ3) is 3.83. The molecule has 3 heterocycles. The van der Waals surface area contributed by atoms with Gasteiger partial charge in [-0.15, -0.1) is 0 Å². The van der Waals surface area contributed by atoms with Crippen molar-refractivity contribution < 1.29 is 14.1 Å². The summed E-state index contributed by atoms with van der Waals surface area (Å²) < 4.78 is 17.4. The van der Waals surface area contributed by atoms with Crippen LogP contribution in [0.3, 0.4) is 0 Å². The van der Waals surface area contributed by atoms with Gasteiger partial charge >= 0.3 is 5.95 Å². The predicted molar refractivity (Wildman–Crippen MR) is 87.3 cm³/mol. The number of nitro groups is 1. The number of hydrogen-bond acceptors (Lipinski definition) is 8. The van der Waals surface area contributed by atoms with E-state index in [0.717, 1.165) is 10.9 Å². The van der Waals surface area contributed by atoms with Gasteiger partial charge in [0.05, 0.1) is 17.5 Å². The van der Waals surface area contributed by atoms with E-state index < -0.39 is 22.7 Å². The monoisotopic (exact) mass is 376 g/mol. The van der Waals surface area contributed by atoms with Crippen molar-refractivity contribution in [1.29, 1.82) is 0 Å². The number of aromatic nitrogens is 7. The van der Waals surface area contributed by atoms with Gasteiger partial charge in [-0.3, -0.25) is 4.79 Å². The molecular formula is C13H13FN10O3. The molecule has 0 aromatic carbocycles. The zero-order valence-electron chi connectivity index (χ0n) is 14.1. The number of carbonyl (C=O) groups excluding carboxylic acids is 1. The van der Waals surface area contributed by atoms with E-state index in [9.17, 15) is 19.3 Å². The van der Waals surface area contributed by atoms with Crippen molar-refractivity contribution in [3.05, 3.63) is 51.6 Å². The molecule has 3 aromatic rings. The van der Waals surface area contributed by atoms with Crippen LogP contribution < -0.4 is 5.43 Å². The standard InChI is InChI=1S/C13H13FN10O3/c1-8-9(11(14)21(2)18-8)5-16-17-12(25)10-3-4-22(19-10)7-23-6-15-13(20-23)24(26)27/h3-6H,7H2,1-2H3,(H,17,25). The summed E-state index contributed by atoms with van der Waals surface area (Å²) in [5.74, 6) is -1.72. The van der Waals surface area contributed by atoms with E-state index in [1.807, 2.05) is 0 Å². The molecule has 14 heteroatoms. The van der Waals surface area contributed by atoms with Gasteiger partial charge in [0.1, 0.15) is 0 Å². The van der Waals surface area contributed by atoms with Crippen LogP contribution in [0.1, 0.15) is 21.7 Å². The summed E-state index contributed by atoms with van der Waals surface area (Å²) in [6.45, 7) is 1.64. The molecule has 27 heavy (non-hydrogen) atoms. The van der Waals surface area contributed by atoms with Crippen LogP contribution in [0.25, 0.3) is 0 Å². The lowest BCUT2D eigenvalue weighted by Gasteiger charge is -1.98. The molecule has 0 radical (unpaired) electrons. The van der Waals surface area contributed by atoms with E-state index in [1.165, 1.54) is 35.0 Å². The first-order chi connectivity index (χ1) is 12.8. The molecule has 0 atom stereocenters. The quantitative estimate of drug-likeness (QED) is 0.356. The number of carbonyl (C=O) groups is 1. The van der Waals surface area contributed by atoms with Gasteiger partial charge in [-0.1, -0.05) is 4.98 Å². The highest BCUT2D eigenvalue weighted by Crippen LogP contribution is 2.08. The molecule has 3 rings (SSSR count). The Kier molecular flexibility index (Phi) is 4.69. The van der Waals surface area contributed by atoms with Crippen LogP contribution in [0, 0.1) is 23.0 Å². The fourth-order valence-electron chi connectivity index (χ4n) is 2.15. The lowest BCUT2D eigenvalue weighted by atomic mass is 10.3. The van der Waals surface area contributed by atoms with E-state index in [1.54, 1.807) is 6.92 Å². The fourth-order valence-corrected chi connectivity index (χ4v) is 2.15. The zero-order valence-corrected chi connectivity index (χ0v) is 14.1. The molecule has 0 saturated heterocycles. The van der Waals surface area contributed by atoms with Crippen molar-refractivity contribution in [1.82, 2.24) is 39.8 Å². The number of amides is 1. The molecule has 1 N–H and O–H groups in total. The SMILES string of the molecule is Cc1nn(C)c(F)c1C=NNC(=O)c1ccn(Cn2cnc([N+](=O)[O-])n2)n1. The molecule has 0 aliphatic carbocycles. The molecule has 3 aromatic heterocycles. The highest BCUT2D eigenvalue weighted by molar-refractivity contribution is 5.93. The number of aryl methyl sites for hydroxylation is 2. The van der Waals surface area contributed by atoms with Crippen LogP contribution >= 0.6 is 0 Å². The number of halogens is 1. The van der Waals surface area contributed by atoms with Crippen LogP contribution in [0.15, 0.2) is 23.7 Å². The lowest BCUT2D eigenvalue weighted by Crippen LogP contribution is -2.19. The highest BCUT2D eigenvalue weighted by atomic mass is 19.1. The Balaban J connectivity index is 1.62. The Labute approximate surface area is 150 Å². The van der Waals surface area contributed by atoms with Gasteiger partial charge in [0.2, 0.25) is 12.3 Å². The molecule has 0 aliphatic rings. The lowest BCUT2D eigenvalue weighted by molar-refractivity contribution is -0.394. The molecule has 13 nitrogen and oxygen atoms in total. The third-order valence-electron chi connectivity index (χ3n) is 3.41. The second kappa shape index (κ2) is 7.11. The molecule has 0 aliphatic heterocycles. The Morgan fingerprint density at radius 3 is 2.81 bits per heavy atom. The first kappa shape index (κ1) is 17.8. The maximum atomic E-state index is 13.8. The van der Waals surface area contributed by atoms with Crippen molar-refractivity contribution >= 4 is 18.1 Å². The maximum Gasteiger partial charge on any atom is 0.491 e. The van der Waals surface area contributed by atoms with E-state index in [2.05, 4.69) is 30.8 Å². The predicted octanol–water partition coefficient (Wildman–Crippen LogP) is -0.166. The van der Waals surface area contributed by atoms with Gasteiger partial charge < -0.3 is 10.1 Å². The fraction of sp³-hybridized carbons (Fsp3) is 0.231. The summed E-state index contributed by atoms with van der Waals surface area (Å²) in [6.07, 6.45) is 3.81. The van der Waals surface area contributed by atoms with Gasteiger partial charge in [0.15, 0.2) is 12.4 Å². The molecule has 140 valence electrons. The Morgan fingerprint density at radius 1 is 1.41 bits per heavy atom. The Bertz CT molecular complexity index is 1030. The largest absolute Gasteiger partial charge is 0.491 e. The number of nitrogens with one attached hydrogen (secondary N) is 1. The number of hydrogen-bond donors (Lipinski definition) is 1. The van der Waals surface area contributed by atoms with Crippen molar-refractivity contribution in [2.24, 2.45) is 12.1 Å². The smallest absolute Gasteiger partial charge is 0.390 e.